The maximum Gasteiger partial charge on any atom is 0.305 e. The minimum absolute atomic E-state index is 0.193. The molecule has 0 heterocycles. The van der Waals surface area contributed by atoms with E-state index in [0.717, 1.165) is 41.2 Å². The second kappa shape index (κ2) is 19.6. The Morgan fingerprint density at radius 2 is 1.08 bits per heavy atom. The maximum atomic E-state index is 12.4. The van der Waals surface area contributed by atoms with Crippen LogP contribution in [0.15, 0.2) is 72.8 Å². The van der Waals surface area contributed by atoms with Gasteiger partial charge in [0, 0.05) is 24.0 Å². The van der Waals surface area contributed by atoms with Crippen LogP contribution in [0.4, 0.5) is 0 Å². The summed E-state index contributed by atoms with van der Waals surface area (Å²) in [7, 11) is 0. The average molecular weight is 663 g/mol. The molecule has 0 fully saturated rings. The van der Waals surface area contributed by atoms with Gasteiger partial charge in [-0.2, -0.15) is 0 Å². The number of esters is 2. The Hall–Kier alpha value is -4.20. The third kappa shape index (κ3) is 13.1. The number of para-hydroxylation sites is 2. The fourth-order valence-electron chi connectivity index (χ4n) is 5.51. The Balaban J connectivity index is 1.53. The molecule has 0 atom stereocenters. The summed E-state index contributed by atoms with van der Waals surface area (Å²) in [5.41, 5.74) is 0.897. The van der Waals surface area contributed by atoms with Crippen LogP contribution in [-0.2, 0) is 29.9 Å². The Kier molecular flexibility index (Phi) is 15.6. The number of aromatic hydroxyl groups is 1. The number of unbranched alkanes of at least 4 members (excludes halogenated alkanes) is 1. The van der Waals surface area contributed by atoms with Crippen LogP contribution in [0.5, 0.6) is 23.0 Å². The van der Waals surface area contributed by atoms with Crippen LogP contribution in [-0.4, -0.2) is 50.1 Å². The first-order valence-electron chi connectivity index (χ1n) is 17.2. The third-order valence-electron chi connectivity index (χ3n) is 8.39. The van der Waals surface area contributed by atoms with Gasteiger partial charge in [0.05, 0.1) is 6.61 Å². The highest BCUT2D eigenvalue weighted by atomic mass is 16.6. The predicted octanol–water partition coefficient (Wildman–Crippen LogP) is 8.71. The van der Waals surface area contributed by atoms with E-state index in [1.165, 1.54) is 0 Å². The first-order valence-corrected chi connectivity index (χ1v) is 17.2. The SMILES string of the molecule is CCCCOc1cc(C(C)(C)CCCC(=O)OCCOc2ccccc2)c(O)cc1C(C)(C)CCCC(=O)OCCOc1ccccc1. The van der Waals surface area contributed by atoms with E-state index in [9.17, 15) is 14.7 Å². The number of hydrogen-bond acceptors (Lipinski definition) is 8. The molecular weight excluding hydrogens is 608 g/mol. The molecule has 262 valence electrons. The Morgan fingerprint density at radius 1 is 0.604 bits per heavy atom. The number of ether oxygens (including phenoxy) is 5. The molecule has 0 bridgehead atoms. The van der Waals surface area contributed by atoms with Crippen molar-refractivity contribution in [2.45, 2.75) is 96.8 Å². The van der Waals surface area contributed by atoms with Gasteiger partial charge < -0.3 is 28.8 Å². The van der Waals surface area contributed by atoms with E-state index in [0.29, 0.717) is 51.9 Å². The van der Waals surface area contributed by atoms with E-state index in [4.69, 9.17) is 23.7 Å². The molecule has 0 saturated heterocycles. The fourth-order valence-corrected chi connectivity index (χ4v) is 5.51. The Morgan fingerprint density at radius 3 is 1.56 bits per heavy atom. The van der Waals surface area contributed by atoms with Gasteiger partial charge in [0.25, 0.3) is 0 Å². The van der Waals surface area contributed by atoms with Crippen LogP contribution in [0, 0.1) is 0 Å². The summed E-state index contributed by atoms with van der Waals surface area (Å²) in [4.78, 5) is 24.8. The minimum Gasteiger partial charge on any atom is -0.508 e. The molecule has 0 spiro atoms. The molecule has 3 aromatic rings. The summed E-state index contributed by atoms with van der Waals surface area (Å²) >= 11 is 0. The number of hydrogen-bond donors (Lipinski definition) is 1. The second-order valence-corrected chi connectivity index (χ2v) is 13.3. The van der Waals surface area contributed by atoms with Crippen molar-refractivity contribution in [3.05, 3.63) is 83.9 Å². The van der Waals surface area contributed by atoms with Gasteiger partial charge in [-0.25, -0.2) is 0 Å². The van der Waals surface area contributed by atoms with Crippen LogP contribution < -0.4 is 14.2 Å². The van der Waals surface area contributed by atoms with Crippen molar-refractivity contribution in [2.75, 3.05) is 33.0 Å². The highest BCUT2D eigenvalue weighted by molar-refractivity contribution is 5.69. The molecule has 0 amide bonds. The smallest absolute Gasteiger partial charge is 0.305 e. The molecule has 0 aliphatic carbocycles. The Labute approximate surface area is 286 Å². The molecule has 0 aliphatic rings. The van der Waals surface area contributed by atoms with Gasteiger partial charge in [-0.05, 0) is 79.3 Å². The van der Waals surface area contributed by atoms with Crippen LogP contribution in [0.3, 0.4) is 0 Å². The lowest BCUT2D eigenvalue weighted by molar-refractivity contribution is -0.145. The van der Waals surface area contributed by atoms with Gasteiger partial charge in [-0.15, -0.1) is 0 Å². The maximum absolute atomic E-state index is 12.4. The average Bonchev–Trinajstić information content (AvgIpc) is 3.06. The van der Waals surface area contributed by atoms with E-state index in [1.807, 2.05) is 72.8 Å². The van der Waals surface area contributed by atoms with E-state index >= 15 is 0 Å². The normalized spacial score (nSPS) is 11.5. The molecule has 8 nitrogen and oxygen atoms in total. The summed E-state index contributed by atoms with van der Waals surface area (Å²) < 4.78 is 28.2. The zero-order valence-corrected chi connectivity index (χ0v) is 29.4. The predicted molar refractivity (Wildman–Crippen MR) is 188 cm³/mol. The van der Waals surface area contributed by atoms with E-state index in [-0.39, 0.29) is 42.7 Å². The van der Waals surface area contributed by atoms with Crippen LogP contribution in [0.2, 0.25) is 0 Å². The number of carbonyl (C=O) groups is 2. The number of benzene rings is 3. The molecule has 3 rings (SSSR count). The molecule has 3 aromatic carbocycles. The van der Waals surface area contributed by atoms with Gasteiger partial charge >= 0.3 is 11.9 Å². The largest absolute Gasteiger partial charge is 0.508 e. The minimum atomic E-state index is -0.416. The van der Waals surface area contributed by atoms with Gasteiger partial charge in [0.1, 0.15) is 49.4 Å². The topological polar surface area (TPSA) is 101 Å². The van der Waals surface area contributed by atoms with Crippen molar-refractivity contribution in [2.24, 2.45) is 0 Å². The van der Waals surface area contributed by atoms with E-state index in [2.05, 4.69) is 34.6 Å². The lowest BCUT2D eigenvalue weighted by atomic mass is 9.75. The summed E-state index contributed by atoms with van der Waals surface area (Å²) in [6.07, 6.45) is 5.10. The van der Waals surface area contributed by atoms with Crippen molar-refractivity contribution in [3.63, 3.8) is 0 Å². The van der Waals surface area contributed by atoms with Crippen molar-refractivity contribution in [1.82, 2.24) is 0 Å². The standard InChI is InChI=1S/C40H54O8/c1-6-7-24-46-36-30-33(39(2,3)22-14-20-37(42)47-27-25-44-31-16-10-8-11-17-31)35(41)29-34(36)40(4,5)23-15-21-38(43)48-28-26-45-32-18-12-9-13-19-32/h8-13,16-19,29-30,41H,6-7,14-15,20-28H2,1-5H3. The zero-order valence-electron chi connectivity index (χ0n) is 29.4. The summed E-state index contributed by atoms with van der Waals surface area (Å²) in [5, 5.41) is 11.3. The lowest BCUT2D eigenvalue weighted by Gasteiger charge is -2.32. The number of phenols is 1. The highest BCUT2D eigenvalue weighted by Crippen LogP contribution is 2.44. The van der Waals surface area contributed by atoms with Crippen LogP contribution >= 0.6 is 0 Å². The summed E-state index contributed by atoms with van der Waals surface area (Å²) in [6, 6.07) is 22.6. The van der Waals surface area contributed by atoms with Crippen LogP contribution in [0.1, 0.15) is 97.1 Å². The quantitative estimate of drug-likeness (QED) is 0.0843. The Bertz CT molecular complexity index is 1390. The zero-order chi connectivity index (χ0) is 34.8. The molecular formula is C40H54O8. The molecule has 0 radical (unpaired) electrons. The summed E-state index contributed by atoms with van der Waals surface area (Å²) in [6.45, 7) is 12.0. The van der Waals surface area contributed by atoms with Gasteiger partial charge in [0.15, 0.2) is 0 Å². The molecule has 1 N–H and O–H groups in total. The molecule has 0 aliphatic heterocycles. The van der Waals surface area contributed by atoms with Crippen molar-refractivity contribution >= 4 is 11.9 Å². The fraction of sp³-hybridized carbons (Fsp3) is 0.500. The molecule has 0 aromatic heterocycles. The van der Waals surface area contributed by atoms with Gasteiger partial charge in [-0.3, -0.25) is 9.59 Å². The highest BCUT2D eigenvalue weighted by Gasteiger charge is 2.31. The monoisotopic (exact) mass is 662 g/mol. The van der Waals surface area contributed by atoms with Gasteiger partial charge in [0.2, 0.25) is 0 Å². The molecule has 0 unspecified atom stereocenters. The lowest BCUT2D eigenvalue weighted by Crippen LogP contribution is -2.22. The van der Waals surface area contributed by atoms with Crippen molar-refractivity contribution in [3.8, 4) is 23.0 Å². The van der Waals surface area contributed by atoms with E-state index in [1.54, 1.807) is 0 Å². The van der Waals surface area contributed by atoms with E-state index < -0.39 is 5.41 Å². The van der Waals surface area contributed by atoms with Crippen LogP contribution in [0.25, 0.3) is 0 Å². The number of carbonyl (C=O) groups excluding carboxylic acids is 2. The second-order valence-electron chi connectivity index (χ2n) is 13.3. The van der Waals surface area contributed by atoms with Crippen molar-refractivity contribution < 1.29 is 38.4 Å². The number of rotatable bonds is 22. The van der Waals surface area contributed by atoms with Crippen molar-refractivity contribution in [1.29, 1.82) is 0 Å². The first-order chi connectivity index (χ1) is 23.0. The molecule has 48 heavy (non-hydrogen) atoms. The first kappa shape index (κ1) is 38.2. The summed E-state index contributed by atoms with van der Waals surface area (Å²) in [5.74, 6) is 1.90. The third-order valence-corrected chi connectivity index (χ3v) is 8.39. The number of phenolic OH excluding ortho intramolecular Hbond substituents is 1. The van der Waals surface area contributed by atoms with Gasteiger partial charge in [-0.1, -0.05) is 77.4 Å². The molecule has 8 heteroatoms. The molecule has 0 saturated carbocycles.